The summed E-state index contributed by atoms with van der Waals surface area (Å²) < 4.78 is 48.6. The molecule has 1 saturated heterocycles. The molecule has 1 aliphatic heterocycles. The Labute approximate surface area is 220 Å². The lowest BCUT2D eigenvalue weighted by atomic mass is 10.1. The highest BCUT2D eigenvalue weighted by Crippen LogP contribution is 2.36. The second kappa shape index (κ2) is 10.5. The zero-order valence-corrected chi connectivity index (χ0v) is 21.5. The Balaban J connectivity index is 1.55. The van der Waals surface area contributed by atoms with E-state index in [9.17, 15) is 22.4 Å². The highest BCUT2D eigenvalue weighted by molar-refractivity contribution is 8.18. The average Bonchev–Trinajstić information content (AvgIpc) is 3.09. The van der Waals surface area contributed by atoms with Crippen LogP contribution in [0.25, 0.3) is 6.08 Å². The van der Waals surface area contributed by atoms with Crippen LogP contribution in [0, 0.1) is 5.82 Å². The van der Waals surface area contributed by atoms with E-state index in [1.807, 2.05) is 0 Å². The highest BCUT2D eigenvalue weighted by atomic mass is 35.5. The van der Waals surface area contributed by atoms with Crippen molar-refractivity contribution >= 4 is 62.3 Å². The van der Waals surface area contributed by atoms with Crippen LogP contribution in [-0.2, 0) is 21.5 Å². The monoisotopic (exact) mass is 567 g/mol. The van der Waals surface area contributed by atoms with Crippen LogP contribution < -0.4 is 8.92 Å². The van der Waals surface area contributed by atoms with Gasteiger partial charge in [-0.25, -0.2) is 4.39 Å². The molecular weight excluding hydrogens is 552 g/mol. The highest BCUT2D eigenvalue weighted by Gasteiger charge is 2.35. The molecule has 0 saturated carbocycles. The molecule has 0 bridgehead atoms. The number of carbonyl (C=O) groups is 2. The summed E-state index contributed by atoms with van der Waals surface area (Å²) in [7, 11) is -2.93. The molecule has 0 aromatic heterocycles. The van der Waals surface area contributed by atoms with Crippen molar-refractivity contribution in [1.82, 2.24) is 4.90 Å². The van der Waals surface area contributed by atoms with Gasteiger partial charge in [0.2, 0.25) is 0 Å². The summed E-state index contributed by atoms with van der Waals surface area (Å²) >= 11 is 12.8. The second-order valence-electron chi connectivity index (χ2n) is 7.41. The minimum atomic E-state index is -4.25. The Bertz CT molecular complexity index is 1490. The largest absolute Gasteiger partial charge is 0.493 e. The number of halogens is 3. The molecule has 4 rings (SSSR count). The van der Waals surface area contributed by atoms with E-state index < -0.39 is 27.1 Å². The van der Waals surface area contributed by atoms with Crippen LogP contribution in [0.5, 0.6) is 11.5 Å². The molecule has 3 aromatic rings. The zero-order chi connectivity index (χ0) is 26.0. The van der Waals surface area contributed by atoms with Gasteiger partial charge in [0.1, 0.15) is 10.7 Å². The fourth-order valence-corrected chi connectivity index (χ4v) is 5.46. The molecule has 0 spiro atoms. The SMILES string of the molecule is COc1cc(/C=C2\SC(=O)N(Cc3ccc(Cl)cc3Cl)C2=O)ccc1OS(=O)(=O)c1ccc(F)cc1. The molecule has 36 heavy (non-hydrogen) atoms. The summed E-state index contributed by atoms with van der Waals surface area (Å²) in [5.74, 6) is -1.13. The molecule has 0 aliphatic carbocycles. The lowest BCUT2D eigenvalue weighted by molar-refractivity contribution is -0.123. The molecule has 0 atom stereocenters. The van der Waals surface area contributed by atoms with Crippen molar-refractivity contribution in [3.8, 4) is 11.5 Å². The molecule has 7 nitrogen and oxygen atoms in total. The maximum absolute atomic E-state index is 13.1. The Morgan fingerprint density at radius 2 is 1.72 bits per heavy atom. The fourth-order valence-electron chi connectivity index (χ4n) is 3.22. The summed E-state index contributed by atoms with van der Waals surface area (Å²) in [6, 6.07) is 13.3. The number of carbonyl (C=O) groups excluding carboxylic acids is 2. The summed E-state index contributed by atoms with van der Waals surface area (Å²) in [6.07, 6.45) is 1.48. The van der Waals surface area contributed by atoms with Crippen LogP contribution >= 0.6 is 35.0 Å². The van der Waals surface area contributed by atoms with Crippen molar-refractivity contribution in [3.05, 3.63) is 92.6 Å². The van der Waals surface area contributed by atoms with Gasteiger partial charge < -0.3 is 8.92 Å². The third-order valence-corrected chi connectivity index (χ3v) is 7.75. The molecule has 2 amide bonds. The minimum absolute atomic E-state index is 0.0185. The van der Waals surface area contributed by atoms with E-state index in [0.717, 1.165) is 40.9 Å². The standard InChI is InChI=1S/C24H16Cl2FNO6S2/c1-33-21-10-14(2-9-20(21)34-36(31,32)18-7-5-17(27)6-8-18)11-22-23(29)28(24(30)35-22)13-15-3-4-16(25)12-19(15)26/h2-12H,13H2,1H3/b22-11-. The topological polar surface area (TPSA) is 90.0 Å². The van der Waals surface area contributed by atoms with E-state index >= 15 is 0 Å². The predicted octanol–water partition coefficient (Wildman–Crippen LogP) is 6.15. The number of amides is 2. The molecule has 0 N–H and O–H groups in total. The molecule has 1 heterocycles. The quantitative estimate of drug-likeness (QED) is 0.250. The van der Waals surface area contributed by atoms with E-state index in [-0.39, 0.29) is 27.8 Å². The molecular formula is C24H16Cl2FNO6S2. The number of nitrogens with zero attached hydrogens (tertiary/aromatic N) is 1. The van der Waals surface area contributed by atoms with Gasteiger partial charge in [-0.1, -0.05) is 35.3 Å². The van der Waals surface area contributed by atoms with Crippen LogP contribution in [0.1, 0.15) is 11.1 Å². The average molecular weight is 568 g/mol. The number of benzene rings is 3. The molecule has 1 fully saturated rings. The summed E-state index contributed by atoms with van der Waals surface area (Å²) in [5, 5.41) is 0.306. The van der Waals surface area contributed by atoms with Gasteiger partial charge in [0.05, 0.1) is 18.6 Å². The number of thioether (sulfide) groups is 1. The van der Waals surface area contributed by atoms with Crippen LogP contribution in [0.2, 0.25) is 10.0 Å². The Kier molecular flexibility index (Phi) is 7.60. The van der Waals surface area contributed by atoms with Gasteiger partial charge >= 0.3 is 10.1 Å². The van der Waals surface area contributed by atoms with Crippen LogP contribution in [-0.4, -0.2) is 31.6 Å². The van der Waals surface area contributed by atoms with Gasteiger partial charge in [0.15, 0.2) is 11.5 Å². The normalized spacial score (nSPS) is 15.0. The van der Waals surface area contributed by atoms with Crippen molar-refractivity contribution in [2.24, 2.45) is 0 Å². The Morgan fingerprint density at radius 1 is 1.00 bits per heavy atom. The lowest BCUT2D eigenvalue weighted by Crippen LogP contribution is -2.27. The van der Waals surface area contributed by atoms with E-state index in [1.54, 1.807) is 12.1 Å². The van der Waals surface area contributed by atoms with Crippen LogP contribution in [0.15, 0.2) is 70.5 Å². The van der Waals surface area contributed by atoms with Crippen molar-refractivity contribution < 1.29 is 31.3 Å². The number of rotatable bonds is 7. The smallest absolute Gasteiger partial charge is 0.339 e. The second-order valence-corrected chi connectivity index (χ2v) is 10.8. The van der Waals surface area contributed by atoms with Crippen molar-refractivity contribution in [1.29, 1.82) is 0 Å². The minimum Gasteiger partial charge on any atom is -0.493 e. The third kappa shape index (κ3) is 5.67. The van der Waals surface area contributed by atoms with E-state index in [0.29, 0.717) is 21.2 Å². The lowest BCUT2D eigenvalue weighted by Gasteiger charge is -2.13. The molecule has 0 unspecified atom stereocenters. The molecule has 3 aromatic carbocycles. The van der Waals surface area contributed by atoms with Gasteiger partial charge in [-0.2, -0.15) is 8.42 Å². The van der Waals surface area contributed by atoms with Gasteiger partial charge in [-0.15, -0.1) is 0 Å². The first-order valence-corrected chi connectivity index (χ1v) is 13.1. The van der Waals surface area contributed by atoms with E-state index in [1.165, 1.54) is 37.5 Å². The van der Waals surface area contributed by atoms with Gasteiger partial charge in [0, 0.05) is 10.0 Å². The Hall–Kier alpha value is -3.05. The summed E-state index contributed by atoms with van der Waals surface area (Å²) in [5.41, 5.74) is 1.03. The van der Waals surface area contributed by atoms with Gasteiger partial charge in [-0.3, -0.25) is 14.5 Å². The van der Waals surface area contributed by atoms with Crippen molar-refractivity contribution in [2.45, 2.75) is 11.4 Å². The number of hydrogen-bond donors (Lipinski definition) is 0. The van der Waals surface area contributed by atoms with Crippen molar-refractivity contribution in [3.63, 3.8) is 0 Å². The Morgan fingerprint density at radius 3 is 2.39 bits per heavy atom. The maximum Gasteiger partial charge on any atom is 0.339 e. The number of hydrogen-bond acceptors (Lipinski definition) is 7. The summed E-state index contributed by atoms with van der Waals surface area (Å²) in [4.78, 5) is 26.4. The molecule has 186 valence electrons. The zero-order valence-electron chi connectivity index (χ0n) is 18.4. The first kappa shape index (κ1) is 26.0. The summed E-state index contributed by atoms with van der Waals surface area (Å²) in [6.45, 7) is -0.0185. The van der Waals surface area contributed by atoms with Crippen LogP contribution in [0.3, 0.4) is 0 Å². The van der Waals surface area contributed by atoms with Gasteiger partial charge in [-0.05, 0) is 77.5 Å². The fraction of sp³-hybridized carbons (Fsp3) is 0.0833. The number of ether oxygens (including phenoxy) is 1. The van der Waals surface area contributed by atoms with E-state index in [2.05, 4.69) is 0 Å². The van der Waals surface area contributed by atoms with Crippen LogP contribution in [0.4, 0.5) is 9.18 Å². The molecule has 12 heteroatoms. The molecule has 1 aliphatic rings. The first-order valence-electron chi connectivity index (χ1n) is 10.1. The first-order chi connectivity index (χ1) is 17.1. The van der Waals surface area contributed by atoms with E-state index in [4.69, 9.17) is 32.1 Å². The number of methoxy groups -OCH3 is 1. The number of imide groups is 1. The third-order valence-electron chi connectivity index (χ3n) is 5.00. The van der Waals surface area contributed by atoms with Gasteiger partial charge in [0.25, 0.3) is 11.1 Å². The maximum atomic E-state index is 13.1. The molecule has 0 radical (unpaired) electrons. The predicted molar refractivity (Wildman–Crippen MR) is 135 cm³/mol. The van der Waals surface area contributed by atoms with Crippen molar-refractivity contribution in [2.75, 3.05) is 7.11 Å².